The lowest BCUT2D eigenvalue weighted by atomic mass is 9.84. The van der Waals surface area contributed by atoms with Crippen molar-refractivity contribution < 1.29 is 0 Å². The van der Waals surface area contributed by atoms with Gasteiger partial charge in [-0.25, -0.2) is 19.9 Å². The molecular formula is C45H70N4. The summed E-state index contributed by atoms with van der Waals surface area (Å²) in [6.45, 7) is 25.3. The molecule has 6 rings (SSSR count). The molecule has 5 aromatic rings. The van der Waals surface area contributed by atoms with Gasteiger partial charge in [-0.05, 0) is 125 Å². The molecule has 2 heterocycles. The quantitative estimate of drug-likeness (QED) is 0.165. The molecule has 0 aliphatic heterocycles. The Kier molecular flexibility index (Phi) is 23.4. The maximum Gasteiger partial charge on any atom is 0.125 e. The maximum absolute atomic E-state index is 3.97. The van der Waals surface area contributed by atoms with Crippen LogP contribution in [-0.4, -0.2) is 19.9 Å². The molecule has 1 saturated carbocycles. The Bertz CT molecular complexity index is 1430. The number of hydrogen-bond acceptors (Lipinski definition) is 4. The topological polar surface area (TPSA) is 51.6 Å². The van der Waals surface area contributed by atoms with E-state index in [1.807, 2.05) is 52.5 Å². The van der Waals surface area contributed by atoms with Crippen molar-refractivity contribution in [3.8, 4) is 0 Å². The van der Waals surface area contributed by atoms with E-state index in [0.29, 0.717) is 0 Å². The van der Waals surface area contributed by atoms with Crippen LogP contribution in [0.25, 0.3) is 10.8 Å². The predicted molar refractivity (Wildman–Crippen MR) is 219 cm³/mol. The fraction of sp³-hybridized carbons (Fsp3) is 0.467. The van der Waals surface area contributed by atoms with Crippen LogP contribution >= 0.6 is 0 Å². The van der Waals surface area contributed by atoms with Crippen LogP contribution in [-0.2, 0) is 0 Å². The van der Waals surface area contributed by atoms with Gasteiger partial charge in [0.1, 0.15) is 11.6 Å². The second kappa shape index (κ2) is 24.3. The summed E-state index contributed by atoms with van der Waals surface area (Å²) in [5.74, 6) is 3.70. The fourth-order valence-corrected chi connectivity index (χ4v) is 4.92. The molecule has 0 spiro atoms. The highest BCUT2D eigenvalue weighted by atomic mass is 14.8. The van der Waals surface area contributed by atoms with Crippen LogP contribution in [0.1, 0.15) is 118 Å². The third-order valence-corrected chi connectivity index (χ3v) is 8.60. The van der Waals surface area contributed by atoms with Crippen molar-refractivity contribution in [2.24, 2.45) is 11.8 Å². The van der Waals surface area contributed by atoms with Crippen molar-refractivity contribution in [3.05, 3.63) is 129 Å². The highest BCUT2D eigenvalue weighted by Gasteiger charge is 2.13. The summed E-state index contributed by atoms with van der Waals surface area (Å²) < 4.78 is 0. The van der Waals surface area contributed by atoms with Crippen LogP contribution in [0.3, 0.4) is 0 Å². The van der Waals surface area contributed by atoms with Gasteiger partial charge >= 0.3 is 0 Å². The summed E-state index contributed by atoms with van der Waals surface area (Å²) in [6.07, 6.45) is 13.1. The smallest absolute Gasteiger partial charge is 0.125 e. The number of nitrogens with zero attached hydrogens (tertiary/aromatic N) is 4. The first-order chi connectivity index (χ1) is 21.7. The number of fused-ring (bicyclic) bond motifs is 1. The highest BCUT2D eigenvalue weighted by molar-refractivity contribution is 5.83. The van der Waals surface area contributed by atoms with Crippen molar-refractivity contribution in [1.82, 2.24) is 19.9 Å². The van der Waals surface area contributed by atoms with Crippen LogP contribution in [0.4, 0.5) is 0 Å². The lowest BCUT2D eigenvalue weighted by molar-refractivity contribution is 0.308. The van der Waals surface area contributed by atoms with Gasteiger partial charge in [0.2, 0.25) is 0 Å². The zero-order valence-corrected chi connectivity index (χ0v) is 30.7. The van der Waals surface area contributed by atoms with Crippen LogP contribution in [0.2, 0.25) is 0 Å². The van der Waals surface area contributed by atoms with Crippen LogP contribution in [0, 0.1) is 81.1 Å². The van der Waals surface area contributed by atoms with E-state index in [1.54, 1.807) is 0 Å². The van der Waals surface area contributed by atoms with E-state index < -0.39 is 0 Å². The van der Waals surface area contributed by atoms with Crippen LogP contribution in [0.5, 0.6) is 0 Å². The average Bonchev–Trinajstić information content (AvgIpc) is 3.04. The van der Waals surface area contributed by atoms with Gasteiger partial charge in [0.15, 0.2) is 0 Å². The molecular weight excluding hydrogens is 597 g/mol. The molecule has 0 unspecified atom stereocenters. The van der Waals surface area contributed by atoms with Crippen molar-refractivity contribution >= 4 is 10.8 Å². The molecule has 3 aromatic carbocycles. The van der Waals surface area contributed by atoms with Gasteiger partial charge in [0.05, 0.1) is 0 Å². The minimum atomic E-state index is 0. The lowest BCUT2D eigenvalue weighted by Gasteiger charge is -2.22. The molecule has 1 fully saturated rings. The van der Waals surface area contributed by atoms with E-state index in [9.17, 15) is 0 Å². The van der Waals surface area contributed by atoms with Gasteiger partial charge < -0.3 is 0 Å². The predicted octanol–water partition coefficient (Wildman–Crippen LogP) is 13.3. The Labute approximate surface area is 302 Å². The van der Waals surface area contributed by atoms with Crippen LogP contribution in [0.15, 0.2) is 73.3 Å². The summed E-state index contributed by atoms with van der Waals surface area (Å²) in [4.78, 5) is 15.9. The molecule has 0 atom stereocenters. The van der Waals surface area contributed by atoms with Gasteiger partial charge in [-0.2, -0.15) is 0 Å². The fourth-order valence-electron chi connectivity index (χ4n) is 4.92. The number of aryl methyl sites for hydroxylation is 8. The normalized spacial score (nSPS) is 14.1. The van der Waals surface area contributed by atoms with Crippen LogP contribution < -0.4 is 0 Å². The van der Waals surface area contributed by atoms with E-state index in [1.165, 1.54) is 69.8 Å². The Morgan fingerprint density at radius 3 is 0.959 bits per heavy atom. The molecule has 4 heteroatoms. The average molecular weight is 667 g/mol. The van der Waals surface area contributed by atoms with E-state index >= 15 is 0 Å². The second-order valence-electron chi connectivity index (χ2n) is 13.3. The second-order valence-corrected chi connectivity index (χ2v) is 13.3. The molecule has 49 heavy (non-hydrogen) atoms. The summed E-state index contributed by atoms with van der Waals surface area (Å²) in [5.41, 5.74) is 10.5. The summed E-state index contributed by atoms with van der Waals surface area (Å²) in [5, 5.41) is 2.67. The van der Waals surface area contributed by atoms with Gasteiger partial charge in [0, 0.05) is 24.8 Å². The number of benzene rings is 3. The summed E-state index contributed by atoms with van der Waals surface area (Å²) in [7, 11) is 0. The van der Waals surface area contributed by atoms with Gasteiger partial charge in [-0.15, -0.1) is 0 Å². The van der Waals surface area contributed by atoms with E-state index in [0.717, 1.165) is 34.6 Å². The molecule has 0 N–H and O–H groups in total. The molecule has 0 amide bonds. The maximum atomic E-state index is 3.97. The summed E-state index contributed by atoms with van der Waals surface area (Å²) >= 11 is 0. The molecule has 270 valence electrons. The van der Waals surface area contributed by atoms with Gasteiger partial charge in [-0.1, -0.05) is 121 Å². The first-order valence-electron chi connectivity index (χ1n) is 16.8. The SMILES string of the molecule is C.C.C.CC1CCC(C)CC1.Cc1ccc(C)c(C)c1C.Cc1ccc2cc(C)ccc2c1.Cc1cnc(C)nc1.Cc1cnc(C)nc1. The molecule has 4 nitrogen and oxygen atoms in total. The lowest BCUT2D eigenvalue weighted by Crippen LogP contribution is -2.08. The van der Waals surface area contributed by atoms with Crippen molar-refractivity contribution in [3.63, 3.8) is 0 Å². The van der Waals surface area contributed by atoms with Gasteiger partial charge in [0.25, 0.3) is 0 Å². The molecule has 0 saturated heterocycles. The Morgan fingerprint density at radius 1 is 0.408 bits per heavy atom. The van der Waals surface area contributed by atoms with E-state index in [2.05, 4.69) is 124 Å². The first kappa shape index (κ1) is 47.2. The highest BCUT2D eigenvalue weighted by Crippen LogP contribution is 2.27. The Morgan fingerprint density at radius 2 is 0.694 bits per heavy atom. The van der Waals surface area contributed by atoms with Crippen molar-refractivity contribution in [1.29, 1.82) is 0 Å². The molecule has 2 aromatic heterocycles. The van der Waals surface area contributed by atoms with E-state index in [-0.39, 0.29) is 22.3 Å². The molecule has 1 aliphatic carbocycles. The molecule has 0 bridgehead atoms. The first-order valence-corrected chi connectivity index (χ1v) is 16.8. The number of hydrogen-bond donors (Lipinski definition) is 0. The largest absolute Gasteiger partial charge is 0.241 e. The third-order valence-electron chi connectivity index (χ3n) is 8.60. The monoisotopic (exact) mass is 667 g/mol. The number of aromatic nitrogens is 4. The Balaban J connectivity index is 0. The summed E-state index contributed by atoms with van der Waals surface area (Å²) in [6, 6.07) is 17.5. The number of rotatable bonds is 0. The minimum Gasteiger partial charge on any atom is -0.241 e. The third kappa shape index (κ3) is 18.4. The molecule has 0 radical (unpaired) electrons. The Hall–Kier alpha value is -3.92. The van der Waals surface area contributed by atoms with Crippen molar-refractivity contribution in [2.75, 3.05) is 0 Å². The molecule has 1 aliphatic rings. The zero-order chi connectivity index (χ0) is 34.2. The van der Waals surface area contributed by atoms with E-state index in [4.69, 9.17) is 0 Å². The standard InChI is InChI=1S/C12H12.C10H14.C8H16.2C6H8N2.3CH4/c1-9-3-5-12-8-10(2)4-6-11(12)7-9;1-7-5-6-8(2)10(4)9(7)3;1-7-3-5-8(2)6-4-7;2*1-5-3-7-6(2)8-4-5;;;/h3-8H,1-2H3;5-6H,1-4H3;7-8H,3-6H2,1-2H3;2*3-4H,1-2H3;3*1H4. The minimum absolute atomic E-state index is 0. The van der Waals surface area contributed by atoms with Gasteiger partial charge in [-0.3, -0.25) is 0 Å². The zero-order valence-electron chi connectivity index (χ0n) is 30.7. The van der Waals surface area contributed by atoms with Crippen molar-refractivity contribution in [2.45, 2.75) is 131 Å².